The second-order valence-electron chi connectivity index (χ2n) is 7.56. The monoisotopic (exact) mass is 415 g/mol. The Balaban J connectivity index is 1.56. The van der Waals surface area contributed by atoms with Gasteiger partial charge in [0.05, 0.1) is 16.3 Å². The summed E-state index contributed by atoms with van der Waals surface area (Å²) in [6, 6.07) is 7.09. The topological polar surface area (TPSA) is 89.8 Å². The third kappa shape index (κ3) is 3.57. The highest BCUT2D eigenvalue weighted by Crippen LogP contribution is 2.38. The fourth-order valence-corrected chi connectivity index (χ4v) is 4.28. The van der Waals surface area contributed by atoms with E-state index in [0.717, 1.165) is 11.4 Å². The summed E-state index contributed by atoms with van der Waals surface area (Å²) < 4.78 is 1.57. The van der Waals surface area contributed by atoms with Crippen molar-refractivity contribution < 1.29 is 9.59 Å². The van der Waals surface area contributed by atoms with E-state index in [1.807, 2.05) is 13.8 Å². The van der Waals surface area contributed by atoms with Crippen molar-refractivity contribution in [2.75, 3.05) is 5.32 Å². The van der Waals surface area contributed by atoms with Gasteiger partial charge in [-0.15, -0.1) is 5.10 Å². The van der Waals surface area contributed by atoms with Gasteiger partial charge in [-0.25, -0.2) is 14.6 Å². The molecule has 0 saturated heterocycles. The molecule has 1 aliphatic carbocycles. The number of carbonyl (C=O) groups is 2. The number of nitrogens with one attached hydrogen (secondary N) is 1. The molecule has 2 heterocycles. The first kappa shape index (κ1) is 18.8. The van der Waals surface area contributed by atoms with Gasteiger partial charge < -0.3 is 0 Å². The number of nitrogens with zero attached hydrogens (tertiary/aromatic N) is 4. The first-order valence-corrected chi connectivity index (χ1v) is 9.95. The Morgan fingerprint density at radius 3 is 2.64 bits per heavy atom. The SMILES string of the molecule is Cc1nc(C(=O)Nc2nc3c(s2)C(=O)CC(C)(C)C3)nn1-c1ccc(Cl)cc1. The van der Waals surface area contributed by atoms with Crippen LogP contribution in [-0.4, -0.2) is 31.4 Å². The van der Waals surface area contributed by atoms with Crippen molar-refractivity contribution in [2.45, 2.75) is 33.6 Å². The van der Waals surface area contributed by atoms with E-state index in [-0.39, 0.29) is 17.0 Å². The number of Topliss-reactive ketones (excluding diaryl/α,β-unsaturated/α-hetero) is 1. The lowest BCUT2D eigenvalue weighted by Gasteiger charge is -2.26. The van der Waals surface area contributed by atoms with Crippen LogP contribution in [0.15, 0.2) is 24.3 Å². The number of halogens is 1. The van der Waals surface area contributed by atoms with Gasteiger partial charge in [-0.2, -0.15) is 0 Å². The molecule has 0 radical (unpaired) electrons. The Kier molecular flexibility index (Phi) is 4.55. The highest BCUT2D eigenvalue weighted by molar-refractivity contribution is 7.17. The average molecular weight is 416 g/mol. The Bertz CT molecular complexity index is 1080. The number of hydrogen-bond donors (Lipinski definition) is 1. The largest absolute Gasteiger partial charge is 0.297 e. The van der Waals surface area contributed by atoms with Crippen molar-refractivity contribution in [3.63, 3.8) is 0 Å². The molecular weight excluding hydrogens is 398 g/mol. The molecule has 7 nitrogen and oxygen atoms in total. The number of ketones is 1. The molecule has 28 heavy (non-hydrogen) atoms. The maximum Gasteiger partial charge on any atom is 0.297 e. The van der Waals surface area contributed by atoms with Crippen LogP contribution in [0.4, 0.5) is 5.13 Å². The van der Waals surface area contributed by atoms with Crippen molar-refractivity contribution in [1.29, 1.82) is 0 Å². The van der Waals surface area contributed by atoms with E-state index in [2.05, 4.69) is 20.4 Å². The van der Waals surface area contributed by atoms with E-state index in [4.69, 9.17) is 11.6 Å². The molecular formula is C19H18ClN5O2S. The van der Waals surface area contributed by atoms with Gasteiger partial charge in [0.2, 0.25) is 5.82 Å². The van der Waals surface area contributed by atoms with Crippen LogP contribution >= 0.6 is 22.9 Å². The van der Waals surface area contributed by atoms with Gasteiger partial charge in [0, 0.05) is 11.4 Å². The number of amides is 1. The quantitative estimate of drug-likeness (QED) is 0.695. The number of aromatic nitrogens is 4. The Morgan fingerprint density at radius 1 is 1.21 bits per heavy atom. The normalized spacial score (nSPS) is 15.4. The highest BCUT2D eigenvalue weighted by atomic mass is 35.5. The summed E-state index contributed by atoms with van der Waals surface area (Å²) >= 11 is 7.12. The lowest BCUT2D eigenvalue weighted by molar-refractivity contribution is 0.0915. The second kappa shape index (κ2) is 6.79. The van der Waals surface area contributed by atoms with Gasteiger partial charge >= 0.3 is 0 Å². The molecule has 2 aromatic heterocycles. The average Bonchev–Trinajstić information content (AvgIpc) is 3.18. The van der Waals surface area contributed by atoms with Crippen molar-refractivity contribution >= 4 is 39.8 Å². The Labute approximate surface area is 170 Å². The highest BCUT2D eigenvalue weighted by Gasteiger charge is 2.34. The number of rotatable bonds is 3. The summed E-state index contributed by atoms with van der Waals surface area (Å²) in [6.45, 7) is 5.85. The summed E-state index contributed by atoms with van der Waals surface area (Å²) in [5.41, 5.74) is 1.39. The zero-order chi connectivity index (χ0) is 20.1. The predicted octanol–water partition coefficient (Wildman–Crippen LogP) is 4.09. The molecule has 9 heteroatoms. The fraction of sp³-hybridized carbons (Fsp3) is 0.316. The fourth-order valence-electron chi connectivity index (χ4n) is 3.24. The second-order valence-corrected chi connectivity index (χ2v) is 9.00. The molecule has 0 aliphatic heterocycles. The van der Waals surface area contributed by atoms with E-state index in [1.165, 1.54) is 11.3 Å². The number of carbonyl (C=O) groups excluding carboxylic acids is 2. The molecule has 0 spiro atoms. The van der Waals surface area contributed by atoms with Gasteiger partial charge in [0.25, 0.3) is 5.91 Å². The summed E-state index contributed by atoms with van der Waals surface area (Å²) in [7, 11) is 0. The molecule has 0 saturated carbocycles. The smallest absolute Gasteiger partial charge is 0.295 e. The van der Waals surface area contributed by atoms with Crippen LogP contribution in [-0.2, 0) is 6.42 Å². The summed E-state index contributed by atoms with van der Waals surface area (Å²) in [5.74, 6) is 0.217. The maximum atomic E-state index is 12.6. The number of aryl methyl sites for hydroxylation is 1. The van der Waals surface area contributed by atoms with Crippen LogP contribution in [0.25, 0.3) is 5.69 Å². The minimum absolute atomic E-state index is 0.0345. The molecule has 1 aromatic carbocycles. The number of fused-ring (bicyclic) bond motifs is 1. The first-order chi connectivity index (χ1) is 13.2. The van der Waals surface area contributed by atoms with E-state index in [1.54, 1.807) is 35.9 Å². The number of hydrogen-bond acceptors (Lipinski definition) is 6. The standard InChI is InChI=1S/C19H18ClN5O2S/c1-10-21-16(24-25(10)12-6-4-11(20)5-7-12)17(27)23-18-22-13-8-19(2,3)9-14(26)15(13)28-18/h4-7H,8-9H2,1-3H3,(H,22,23,27). The molecule has 1 aliphatic rings. The van der Waals surface area contributed by atoms with Crippen LogP contribution in [0.3, 0.4) is 0 Å². The lowest BCUT2D eigenvalue weighted by atomic mass is 9.78. The number of anilines is 1. The van der Waals surface area contributed by atoms with Crippen molar-refractivity contribution in [3.05, 3.63) is 51.5 Å². The molecule has 1 N–H and O–H groups in total. The molecule has 0 atom stereocenters. The minimum Gasteiger partial charge on any atom is -0.295 e. The molecule has 0 fully saturated rings. The van der Waals surface area contributed by atoms with Gasteiger partial charge in [0.1, 0.15) is 5.82 Å². The Morgan fingerprint density at radius 2 is 1.93 bits per heavy atom. The number of thiazole rings is 1. The maximum absolute atomic E-state index is 12.6. The number of benzene rings is 1. The van der Waals surface area contributed by atoms with Gasteiger partial charge in [0.15, 0.2) is 10.9 Å². The summed E-state index contributed by atoms with van der Waals surface area (Å²) in [4.78, 5) is 34.2. The zero-order valence-corrected chi connectivity index (χ0v) is 17.2. The predicted molar refractivity (Wildman–Crippen MR) is 108 cm³/mol. The molecule has 0 bridgehead atoms. The lowest BCUT2D eigenvalue weighted by Crippen LogP contribution is -2.26. The van der Waals surface area contributed by atoms with Crippen LogP contribution in [0.5, 0.6) is 0 Å². The van der Waals surface area contributed by atoms with E-state index >= 15 is 0 Å². The van der Waals surface area contributed by atoms with Crippen molar-refractivity contribution in [2.24, 2.45) is 5.41 Å². The third-order valence-corrected chi connectivity index (χ3v) is 5.81. The molecule has 1 amide bonds. The van der Waals surface area contributed by atoms with Gasteiger partial charge in [-0.3, -0.25) is 14.9 Å². The minimum atomic E-state index is -0.464. The van der Waals surface area contributed by atoms with Gasteiger partial charge in [-0.05, 0) is 43.0 Å². The van der Waals surface area contributed by atoms with Gasteiger partial charge in [-0.1, -0.05) is 36.8 Å². The van der Waals surface area contributed by atoms with Crippen molar-refractivity contribution in [3.8, 4) is 5.69 Å². The molecule has 3 aromatic rings. The van der Waals surface area contributed by atoms with Crippen LogP contribution in [0.2, 0.25) is 5.02 Å². The van der Waals surface area contributed by atoms with Crippen LogP contribution < -0.4 is 5.32 Å². The molecule has 4 rings (SSSR count). The van der Waals surface area contributed by atoms with E-state index in [0.29, 0.717) is 33.7 Å². The zero-order valence-electron chi connectivity index (χ0n) is 15.6. The van der Waals surface area contributed by atoms with E-state index < -0.39 is 5.91 Å². The third-order valence-electron chi connectivity index (χ3n) is 4.50. The molecule has 0 unspecified atom stereocenters. The summed E-state index contributed by atoms with van der Waals surface area (Å²) in [6.07, 6.45) is 1.20. The summed E-state index contributed by atoms with van der Waals surface area (Å²) in [5, 5.41) is 8.01. The van der Waals surface area contributed by atoms with Crippen LogP contribution in [0, 0.1) is 12.3 Å². The first-order valence-electron chi connectivity index (χ1n) is 8.76. The molecule has 144 valence electrons. The van der Waals surface area contributed by atoms with E-state index in [9.17, 15) is 9.59 Å². The van der Waals surface area contributed by atoms with Crippen LogP contribution in [0.1, 0.15) is 52.1 Å². The Hall–Kier alpha value is -2.58. The van der Waals surface area contributed by atoms with Crippen molar-refractivity contribution in [1.82, 2.24) is 19.7 Å².